The third-order valence-corrected chi connectivity index (χ3v) is 4.77. The van der Waals surface area contributed by atoms with Gasteiger partial charge in [0.1, 0.15) is 6.61 Å². The number of carbonyl (C=O) groups is 1. The molecule has 1 N–H and O–H groups in total. The maximum atomic E-state index is 11.2. The van der Waals surface area contributed by atoms with Gasteiger partial charge in [0.05, 0.1) is 18.4 Å². The highest BCUT2D eigenvalue weighted by Crippen LogP contribution is 2.29. The number of ether oxygens (including phenoxy) is 2. The molecule has 1 aliphatic heterocycles. The van der Waals surface area contributed by atoms with Gasteiger partial charge >= 0.3 is 5.97 Å². The number of rotatable bonds is 8. The Labute approximate surface area is 155 Å². The van der Waals surface area contributed by atoms with Crippen LogP contribution in [0.2, 0.25) is 0 Å². The Bertz CT molecular complexity index is 628. The van der Waals surface area contributed by atoms with Gasteiger partial charge in [-0.2, -0.15) is 0 Å². The van der Waals surface area contributed by atoms with E-state index in [1.54, 1.807) is 0 Å². The van der Waals surface area contributed by atoms with Crippen LogP contribution >= 0.6 is 0 Å². The van der Waals surface area contributed by atoms with Crippen molar-refractivity contribution in [3.8, 4) is 0 Å². The average molecular weight is 363 g/mol. The van der Waals surface area contributed by atoms with Crippen LogP contribution in [0, 0.1) is 12.8 Å². The van der Waals surface area contributed by atoms with Crippen molar-refractivity contribution in [2.75, 3.05) is 13.2 Å². The van der Waals surface area contributed by atoms with Gasteiger partial charge < -0.3 is 19.4 Å². The highest BCUT2D eigenvalue weighted by atomic mass is 16.7. The molecule has 144 valence electrons. The summed E-state index contributed by atoms with van der Waals surface area (Å²) in [6.45, 7) is 8.29. The van der Waals surface area contributed by atoms with Crippen molar-refractivity contribution in [3.63, 3.8) is 0 Å². The van der Waals surface area contributed by atoms with E-state index in [-0.39, 0.29) is 12.0 Å². The SMILES string of the molecule is CC(=NOCCCCC1COC(C)(C(=O)O)OC1C)c1ccc(C)cc1. The highest BCUT2D eigenvalue weighted by molar-refractivity contribution is 5.98. The van der Waals surface area contributed by atoms with Gasteiger partial charge in [0.25, 0.3) is 5.79 Å². The van der Waals surface area contributed by atoms with Gasteiger partial charge in [0, 0.05) is 12.8 Å². The van der Waals surface area contributed by atoms with E-state index in [1.807, 2.05) is 26.0 Å². The molecule has 3 atom stereocenters. The molecule has 2 rings (SSSR count). The lowest BCUT2D eigenvalue weighted by Crippen LogP contribution is -2.51. The summed E-state index contributed by atoms with van der Waals surface area (Å²) >= 11 is 0. The minimum Gasteiger partial charge on any atom is -0.477 e. The van der Waals surface area contributed by atoms with E-state index in [0.717, 1.165) is 30.5 Å². The first-order valence-corrected chi connectivity index (χ1v) is 9.10. The molecule has 0 aliphatic carbocycles. The van der Waals surface area contributed by atoms with Gasteiger partial charge in [0.2, 0.25) is 0 Å². The monoisotopic (exact) mass is 363 g/mol. The summed E-state index contributed by atoms with van der Waals surface area (Å²) in [5.74, 6) is -2.42. The summed E-state index contributed by atoms with van der Waals surface area (Å²) in [5, 5.41) is 13.3. The minimum atomic E-state index is -1.53. The molecule has 0 bridgehead atoms. The van der Waals surface area contributed by atoms with Crippen LogP contribution in [0.15, 0.2) is 29.4 Å². The number of oxime groups is 1. The molecule has 1 aliphatic rings. The van der Waals surface area contributed by atoms with Gasteiger partial charge in [-0.15, -0.1) is 0 Å². The molecule has 0 spiro atoms. The van der Waals surface area contributed by atoms with Crippen LogP contribution in [0.4, 0.5) is 0 Å². The number of hydrogen-bond donors (Lipinski definition) is 1. The van der Waals surface area contributed by atoms with Gasteiger partial charge in [0.15, 0.2) is 0 Å². The molecular formula is C20H29NO5. The molecule has 1 fully saturated rings. The van der Waals surface area contributed by atoms with Crippen LogP contribution in [-0.2, 0) is 19.1 Å². The predicted octanol–water partition coefficient (Wildman–Crippen LogP) is 3.76. The van der Waals surface area contributed by atoms with Crippen molar-refractivity contribution in [3.05, 3.63) is 35.4 Å². The molecule has 1 heterocycles. The number of carboxylic acids is 1. The van der Waals surface area contributed by atoms with Crippen LogP contribution in [0.3, 0.4) is 0 Å². The van der Waals surface area contributed by atoms with Crippen LogP contribution in [-0.4, -0.2) is 41.9 Å². The van der Waals surface area contributed by atoms with E-state index in [2.05, 4.69) is 24.2 Å². The van der Waals surface area contributed by atoms with Gasteiger partial charge in [-0.3, -0.25) is 0 Å². The Morgan fingerprint density at radius 2 is 2.04 bits per heavy atom. The second-order valence-corrected chi connectivity index (χ2v) is 7.02. The van der Waals surface area contributed by atoms with Crippen molar-refractivity contribution in [2.45, 2.75) is 58.8 Å². The molecule has 6 nitrogen and oxygen atoms in total. The number of benzene rings is 1. The van der Waals surface area contributed by atoms with E-state index < -0.39 is 11.8 Å². The number of unbranched alkanes of at least 4 members (excludes halogenated alkanes) is 1. The molecular weight excluding hydrogens is 334 g/mol. The molecule has 0 saturated carbocycles. The second kappa shape index (κ2) is 9.14. The van der Waals surface area contributed by atoms with Crippen molar-refractivity contribution in [1.29, 1.82) is 0 Å². The normalized spacial score (nSPS) is 26.5. The van der Waals surface area contributed by atoms with Crippen molar-refractivity contribution >= 4 is 11.7 Å². The Hall–Kier alpha value is -1.92. The molecule has 0 aromatic heterocycles. The predicted molar refractivity (Wildman–Crippen MR) is 99.2 cm³/mol. The first kappa shape index (κ1) is 20.4. The molecule has 1 aromatic carbocycles. The largest absolute Gasteiger partial charge is 0.477 e. The Balaban J connectivity index is 1.66. The van der Waals surface area contributed by atoms with Crippen molar-refractivity contribution in [1.82, 2.24) is 0 Å². The number of hydrogen-bond acceptors (Lipinski definition) is 5. The van der Waals surface area contributed by atoms with Crippen LogP contribution in [0.1, 0.15) is 51.2 Å². The smallest absolute Gasteiger partial charge is 0.364 e. The zero-order valence-corrected chi connectivity index (χ0v) is 16.0. The Morgan fingerprint density at radius 3 is 2.65 bits per heavy atom. The summed E-state index contributed by atoms with van der Waals surface area (Å²) in [6.07, 6.45) is 2.59. The zero-order chi connectivity index (χ0) is 19.2. The van der Waals surface area contributed by atoms with E-state index in [4.69, 9.17) is 19.4 Å². The highest BCUT2D eigenvalue weighted by Gasteiger charge is 2.43. The fourth-order valence-electron chi connectivity index (χ4n) is 2.88. The molecule has 0 amide bonds. The molecule has 1 aromatic rings. The number of carboxylic acid groups (broad SMARTS) is 1. The lowest BCUT2D eigenvalue weighted by molar-refractivity contribution is -0.292. The first-order chi connectivity index (χ1) is 12.3. The van der Waals surface area contributed by atoms with E-state index in [0.29, 0.717) is 13.2 Å². The lowest BCUT2D eigenvalue weighted by atomic mass is 9.96. The maximum absolute atomic E-state index is 11.2. The van der Waals surface area contributed by atoms with Gasteiger partial charge in [-0.1, -0.05) is 35.0 Å². The molecule has 26 heavy (non-hydrogen) atoms. The average Bonchev–Trinajstić information content (AvgIpc) is 2.60. The summed E-state index contributed by atoms with van der Waals surface area (Å²) in [4.78, 5) is 16.6. The van der Waals surface area contributed by atoms with Gasteiger partial charge in [-0.25, -0.2) is 4.79 Å². The van der Waals surface area contributed by atoms with Crippen LogP contribution < -0.4 is 0 Å². The minimum absolute atomic E-state index is 0.146. The van der Waals surface area contributed by atoms with E-state index in [9.17, 15) is 4.79 Å². The Morgan fingerprint density at radius 1 is 1.35 bits per heavy atom. The number of aliphatic carboxylic acids is 1. The fraction of sp³-hybridized carbons (Fsp3) is 0.600. The van der Waals surface area contributed by atoms with Crippen molar-refractivity contribution < 1.29 is 24.2 Å². The maximum Gasteiger partial charge on any atom is 0.364 e. The van der Waals surface area contributed by atoms with E-state index in [1.165, 1.54) is 12.5 Å². The summed E-state index contributed by atoms with van der Waals surface area (Å²) in [7, 11) is 0. The fourth-order valence-corrected chi connectivity index (χ4v) is 2.88. The first-order valence-electron chi connectivity index (χ1n) is 9.10. The number of aryl methyl sites for hydroxylation is 1. The zero-order valence-electron chi connectivity index (χ0n) is 16.0. The van der Waals surface area contributed by atoms with Crippen LogP contribution in [0.25, 0.3) is 0 Å². The van der Waals surface area contributed by atoms with Crippen molar-refractivity contribution in [2.24, 2.45) is 11.1 Å². The molecule has 3 unspecified atom stereocenters. The van der Waals surface area contributed by atoms with E-state index >= 15 is 0 Å². The molecule has 0 radical (unpaired) electrons. The van der Waals surface area contributed by atoms with Crippen LogP contribution in [0.5, 0.6) is 0 Å². The molecule has 1 saturated heterocycles. The standard InChI is InChI=1S/C20H29NO5/c1-14-8-10-17(11-9-14)15(2)21-25-12-6-5-7-18-13-24-20(4,19(22)23)26-16(18)3/h8-11,16,18H,5-7,12-13H2,1-4H3,(H,22,23). The summed E-state index contributed by atoms with van der Waals surface area (Å²) < 4.78 is 10.9. The van der Waals surface area contributed by atoms with Gasteiger partial charge in [-0.05, 0) is 45.6 Å². The molecule has 6 heteroatoms. The quantitative estimate of drug-likeness (QED) is 0.432. The lowest BCUT2D eigenvalue weighted by Gasteiger charge is -2.39. The topological polar surface area (TPSA) is 77.4 Å². The summed E-state index contributed by atoms with van der Waals surface area (Å²) in [6, 6.07) is 8.18. The Kier molecular flexibility index (Phi) is 7.17. The third-order valence-electron chi connectivity index (χ3n) is 4.77. The second-order valence-electron chi connectivity index (χ2n) is 7.02. The summed E-state index contributed by atoms with van der Waals surface area (Å²) in [5.41, 5.74) is 3.14. The third kappa shape index (κ3) is 5.54. The number of nitrogens with zero attached hydrogens (tertiary/aromatic N) is 1.